The number of carbonyl (C=O) groups excluding carboxylic acids is 1. The summed E-state index contributed by atoms with van der Waals surface area (Å²) < 4.78 is 9.07. The highest BCUT2D eigenvalue weighted by Gasteiger charge is 2.01. The summed E-state index contributed by atoms with van der Waals surface area (Å²) in [6.45, 7) is 2.07. The lowest BCUT2D eigenvalue weighted by Gasteiger charge is -1.99. The number of ether oxygens (including phenoxy) is 1. The zero-order valence-corrected chi connectivity index (χ0v) is 6.03. The molecule has 0 atom stereocenters. The van der Waals surface area contributed by atoms with E-state index in [-0.39, 0.29) is 0 Å². The van der Waals surface area contributed by atoms with Crippen LogP contribution < -0.4 is 5.32 Å². The van der Waals surface area contributed by atoms with Crippen LogP contribution >= 0.6 is 0 Å². The Morgan fingerprint density at radius 1 is 1.91 bits per heavy atom. The monoisotopic (exact) mass is 156 g/mol. The number of rotatable bonds is 2. The Kier molecular flexibility index (Phi) is 2.48. The first-order valence-corrected chi connectivity index (χ1v) is 3.16. The van der Waals surface area contributed by atoms with E-state index in [1.54, 1.807) is 6.92 Å². The van der Waals surface area contributed by atoms with Crippen LogP contribution in [0.5, 0.6) is 0 Å². The lowest BCUT2D eigenvalue weighted by molar-refractivity contribution is 0.168. The summed E-state index contributed by atoms with van der Waals surface area (Å²) in [4.78, 5) is 10.7. The third kappa shape index (κ3) is 2.29. The summed E-state index contributed by atoms with van der Waals surface area (Å²) >= 11 is 0. The Bertz CT molecular complexity index is 220. The van der Waals surface area contributed by atoms with Crippen molar-refractivity contribution in [3.63, 3.8) is 0 Å². The molecule has 0 saturated carbocycles. The Morgan fingerprint density at radius 2 is 2.73 bits per heavy atom. The third-order valence-corrected chi connectivity index (χ3v) is 0.954. The van der Waals surface area contributed by atoms with Crippen molar-refractivity contribution >= 4 is 11.8 Å². The predicted octanol–water partition coefficient (Wildman–Crippen LogP) is 1.24. The van der Waals surface area contributed by atoms with Crippen molar-refractivity contribution in [1.29, 1.82) is 0 Å². The van der Waals surface area contributed by atoms with Crippen LogP contribution in [0.15, 0.2) is 17.0 Å². The maximum atomic E-state index is 10.7. The summed E-state index contributed by atoms with van der Waals surface area (Å²) in [5.41, 5.74) is 0.489. The van der Waals surface area contributed by atoms with Crippen molar-refractivity contribution in [3.8, 4) is 0 Å². The quantitative estimate of drug-likeness (QED) is 0.699. The topological polar surface area (TPSA) is 64.4 Å². The number of amides is 1. The molecule has 0 aromatic carbocycles. The average Bonchev–Trinajstić information content (AvgIpc) is 2.40. The van der Waals surface area contributed by atoms with Gasteiger partial charge in [0.15, 0.2) is 0 Å². The first-order chi connectivity index (χ1) is 5.33. The molecule has 5 nitrogen and oxygen atoms in total. The van der Waals surface area contributed by atoms with Gasteiger partial charge in [0.1, 0.15) is 12.0 Å². The third-order valence-electron chi connectivity index (χ3n) is 0.954. The van der Waals surface area contributed by atoms with Crippen LogP contribution in [0.25, 0.3) is 0 Å². The van der Waals surface area contributed by atoms with Crippen molar-refractivity contribution < 1.29 is 14.1 Å². The second-order valence-corrected chi connectivity index (χ2v) is 1.76. The lowest BCUT2D eigenvalue weighted by atomic mass is 10.6. The van der Waals surface area contributed by atoms with Crippen molar-refractivity contribution in [3.05, 3.63) is 12.5 Å². The van der Waals surface area contributed by atoms with E-state index >= 15 is 0 Å². The fourth-order valence-electron chi connectivity index (χ4n) is 0.552. The summed E-state index contributed by atoms with van der Waals surface area (Å²) in [6, 6.07) is 0. The molecule has 1 N–H and O–H groups in total. The smallest absolute Gasteiger partial charge is 0.411 e. The van der Waals surface area contributed by atoms with E-state index in [0.717, 1.165) is 0 Å². The molecule has 0 saturated heterocycles. The second kappa shape index (κ2) is 3.60. The minimum Gasteiger partial charge on any atom is -0.450 e. The van der Waals surface area contributed by atoms with Gasteiger partial charge in [-0.1, -0.05) is 5.16 Å². The van der Waals surface area contributed by atoms with Crippen LogP contribution in [0.3, 0.4) is 0 Å². The number of hydrogen-bond acceptors (Lipinski definition) is 4. The lowest BCUT2D eigenvalue weighted by Crippen LogP contribution is -2.12. The van der Waals surface area contributed by atoms with Crippen LogP contribution in [0.4, 0.5) is 10.5 Å². The van der Waals surface area contributed by atoms with Gasteiger partial charge in [-0.25, -0.2) is 4.79 Å². The maximum absolute atomic E-state index is 10.7. The van der Waals surface area contributed by atoms with Crippen molar-refractivity contribution in [2.75, 3.05) is 11.9 Å². The zero-order valence-electron chi connectivity index (χ0n) is 6.03. The molecule has 0 aliphatic carbocycles. The molecule has 1 aromatic rings. The molecular weight excluding hydrogens is 148 g/mol. The van der Waals surface area contributed by atoms with Crippen LogP contribution in [0, 0.1) is 0 Å². The van der Waals surface area contributed by atoms with Gasteiger partial charge in [-0.05, 0) is 6.92 Å². The van der Waals surface area contributed by atoms with Gasteiger partial charge in [-0.3, -0.25) is 5.32 Å². The molecule has 1 amide bonds. The Morgan fingerprint density at radius 3 is 3.27 bits per heavy atom. The number of anilines is 1. The number of aromatic nitrogens is 1. The molecule has 0 unspecified atom stereocenters. The number of hydrogen-bond donors (Lipinski definition) is 1. The molecule has 0 radical (unpaired) electrons. The van der Waals surface area contributed by atoms with E-state index in [2.05, 4.69) is 19.7 Å². The number of nitrogens with one attached hydrogen (secondary N) is 1. The zero-order chi connectivity index (χ0) is 8.10. The average molecular weight is 156 g/mol. The van der Waals surface area contributed by atoms with Crippen LogP contribution in [0.1, 0.15) is 6.92 Å². The van der Waals surface area contributed by atoms with E-state index < -0.39 is 6.09 Å². The van der Waals surface area contributed by atoms with E-state index in [9.17, 15) is 4.79 Å². The standard InChI is InChI=1S/C6H8N2O3/c1-2-10-6(9)8-5-3-7-11-4-5/h3-4H,2H2,1H3,(H,8,9). The molecule has 1 aromatic heterocycles. The van der Waals surface area contributed by atoms with Crippen molar-refractivity contribution in [2.45, 2.75) is 6.92 Å². The van der Waals surface area contributed by atoms with Gasteiger partial charge in [0, 0.05) is 0 Å². The summed E-state index contributed by atoms with van der Waals surface area (Å²) in [7, 11) is 0. The summed E-state index contributed by atoms with van der Waals surface area (Å²) in [5.74, 6) is 0. The molecule has 0 bridgehead atoms. The normalized spacial score (nSPS) is 9.18. The van der Waals surface area contributed by atoms with Crippen molar-refractivity contribution in [2.24, 2.45) is 0 Å². The van der Waals surface area contributed by atoms with E-state index in [1.807, 2.05) is 0 Å². The molecule has 60 valence electrons. The van der Waals surface area contributed by atoms with E-state index in [0.29, 0.717) is 12.3 Å². The Hall–Kier alpha value is -1.52. The largest absolute Gasteiger partial charge is 0.450 e. The highest BCUT2D eigenvalue weighted by Crippen LogP contribution is 2.03. The van der Waals surface area contributed by atoms with Crippen LogP contribution in [0.2, 0.25) is 0 Å². The fourth-order valence-corrected chi connectivity index (χ4v) is 0.552. The van der Waals surface area contributed by atoms with Gasteiger partial charge < -0.3 is 9.26 Å². The molecular formula is C6H8N2O3. The van der Waals surface area contributed by atoms with Gasteiger partial charge >= 0.3 is 6.09 Å². The predicted molar refractivity (Wildman–Crippen MR) is 37.1 cm³/mol. The van der Waals surface area contributed by atoms with E-state index in [4.69, 9.17) is 0 Å². The highest BCUT2D eigenvalue weighted by atomic mass is 16.5. The molecule has 11 heavy (non-hydrogen) atoms. The van der Waals surface area contributed by atoms with Gasteiger partial charge in [0.2, 0.25) is 0 Å². The molecule has 5 heteroatoms. The Balaban J connectivity index is 2.37. The number of nitrogens with zero attached hydrogens (tertiary/aromatic N) is 1. The highest BCUT2D eigenvalue weighted by molar-refractivity contribution is 5.83. The van der Waals surface area contributed by atoms with Gasteiger partial charge in [0.05, 0.1) is 12.8 Å². The summed E-state index contributed by atoms with van der Waals surface area (Å²) in [5, 5.41) is 5.80. The molecule has 0 fully saturated rings. The number of carbonyl (C=O) groups is 1. The maximum Gasteiger partial charge on any atom is 0.411 e. The SMILES string of the molecule is CCOC(=O)Nc1cnoc1. The summed E-state index contributed by atoms with van der Waals surface area (Å²) in [6.07, 6.45) is 2.20. The van der Waals surface area contributed by atoms with E-state index in [1.165, 1.54) is 12.5 Å². The minimum absolute atomic E-state index is 0.344. The second-order valence-electron chi connectivity index (χ2n) is 1.76. The first-order valence-electron chi connectivity index (χ1n) is 3.16. The van der Waals surface area contributed by atoms with Gasteiger partial charge in [0.25, 0.3) is 0 Å². The molecule has 1 heterocycles. The first kappa shape index (κ1) is 7.59. The molecule has 0 aliphatic rings. The van der Waals surface area contributed by atoms with Gasteiger partial charge in [-0.2, -0.15) is 0 Å². The van der Waals surface area contributed by atoms with Crippen LogP contribution in [-0.4, -0.2) is 17.9 Å². The van der Waals surface area contributed by atoms with Crippen LogP contribution in [-0.2, 0) is 4.74 Å². The Labute approximate surface area is 63.3 Å². The minimum atomic E-state index is -0.504. The van der Waals surface area contributed by atoms with Crippen molar-refractivity contribution in [1.82, 2.24) is 5.16 Å². The fraction of sp³-hybridized carbons (Fsp3) is 0.333. The van der Waals surface area contributed by atoms with Gasteiger partial charge in [-0.15, -0.1) is 0 Å². The molecule has 1 rings (SSSR count). The molecule has 0 spiro atoms. The molecule has 0 aliphatic heterocycles.